The van der Waals surface area contributed by atoms with Gasteiger partial charge in [0, 0.05) is 18.4 Å². The van der Waals surface area contributed by atoms with E-state index in [4.69, 9.17) is 9.63 Å². The molecular formula is C33H23FN2O4. The predicted octanol–water partition coefficient (Wildman–Crippen LogP) is 7.01. The van der Waals surface area contributed by atoms with Crippen LogP contribution in [0.5, 0.6) is 0 Å². The lowest BCUT2D eigenvalue weighted by Crippen LogP contribution is -2.23. The van der Waals surface area contributed by atoms with Crippen molar-refractivity contribution in [3.8, 4) is 11.1 Å². The lowest BCUT2D eigenvalue weighted by Gasteiger charge is -2.10. The van der Waals surface area contributed by atoms with Crippen molar-refractivity contribution >= 4 is 33.6 Å². The Labute approximate surface area is 228 Å². The third-order valence-corrected chi connectivity index (χ3v) is 6.91. The number of hydrogen-bond acceptors (Lipinski definition) is 4. The van der Waals surface area contributed by atoms with Gasteiger partial charge < -0.3 is 14.9 Å². The largest absolute Gasteiger partial charge is 0.478 e. The summed E-state index contributed by atoms with van der Waals surface area (Å²) in [5.41, 5.74) is 4.57. The number of carboxylic acid groups (broad SMARTS) is 1. The summed E-state index contributed by atoms with van der Waals surface area (Å²) in [7, 11) is 0. The summed E-state index contributed by atoms with van der Waals surface area (Å²) >= 11 is 0. The number of carbonyl (C=O) groups excluding carboxylic acids is 1. The molecule has 0 atom stereocenters. The van der Waals surface area contributed by atoms with Gasteiger partial charge >= 0.3 is 5.97 Å². The molecule has 0 spiro atoms. The minimum absolute atomic E-state index is 0.179. The summed E-state index contributed by atoms with van der Waals surface area (Å²) in [6.45, 7) is 0.215. The topological polar surface area (TPSA) is 92.4 Å². The fourth-order valence-corrected chi connectivity index (χ4v) is 4.87. The standard InChI is InChI=1S/C33H23FN2O4/c34-28-8-4-7-24-15-21(11-14-26(24)28)16-30-31-27(32(37)35-19-20-9-12-23(13-10-20)33(38)39)17-25(18-29(31)36-40-30)22-5-2-1-3-6-22/h1-15,17-18H,16,19H2,(H,35,37)(H,38,39). The summed E-state index contributed by atoms with van der Waals surface area (Å²) in [4.78, 5) is 24.7. The lowest BCUT2D eigenvalue weighted by atomic mass is 9.96. The van der Waals surface area contributed by atoms with E-state index in [0.717, 1.165) is 27.6 Å². The van der Waals surface area contributed by atoms with Crippen LogP contribution in [0, 0.1) is 5.82 Å². The molecule has 0 saturated heterocycles. The van der Waals surface area contributed by atoms with Gasteiger partial charge in [0.2, 0.25) is 0 Å². The van der Waals surface area contributed by atoms with Crippen molar-refractivity contribution in [3.63, 3.8) is 0 Å². The van der Waals surface area contributed by atoms with Crippen LogP contribution >= 0.6 is 0 Å². The van der Waals surface area contributed by atoms with Crippen LogP contribution in [0.1, 0.15) is 37.6 Å². The Morgan fingerprint density at radius 3 is 2.38 bits per heavy atom. The minimum atomic E-state index is -1.01. The Kier molecular flexibility index (Phi) is 6.54. The average molecular weight is 531 g/mol. The highest BCUT2D eigenvalue weighted by atomic mass is 19.1. The second-order valence-electron chi connectivity index (χ2n) is 9.55. The molecule has 0 saturated carbocycles. The second-order valence-corrected chi connectivity index (χ2v) is 9.55. The number of aromatic carboxylic acids is 1. The fraction of sp³-hybridized carbons (Fsp3) is 0.0606. The molecule has 5 aromatic carbocycles. The quantitative estimate of drug-likeness (QED) is 0.232. The van der Waals surface area contributed by atoms with Gasteiger partial charge in [-0.2, -0.15) is 0 Å². The highest BCUT2D eigenvalue weighted by Crippen LogP contribution is 2.32. The molecule has 7 heteroatoms. The maximum absolute atomic E-state index is 14.2. The average Bonchev–Trinajstić information content (AvgIpc) is 3.38. The number of aromatic nitrogens is 1. The third-order valence-electron chi connectivity index (χ3n) is 6.91. The molecule has 0 radical (unpaired) electrons. The molecule has 0 aliphatic rings. The van der Waals surface area contributed by atoms with Crippen molar-refractivity contribution in [2.24, 2.45) is 0 Å². The Morgan fingerprint density at radius 2 is 1.60 bits per heavy atom. The van der Waals surface area contributed by atoms with Crippen LogP contribution in [0.25, 0.3) is 32.8 Å². The van der Waals surface area contributed by atoms with Gasteiger partial charge in [-0.3, -0.25) is 4.79 Å². The van der Waals surface area contributed by atoms with Gasteiger partial charge in [-0.15, -0.1) is 0 Å². The maximum Gasteiger partial charge on any atom is 0.335 e. The van der Waals surface area contributed by atoms with E-state index >= 15 is 0 Å². The Bertz CT molecular complexity index is 1880. The molecule has 2 N–H and O–H groups in total. The predicted molar refractivity (Wildman–Crippen MR) is 151 cm³/mol. The second kappa shape index (κ2) is 10.5. The zero-order valence-electron chi connectivity index (χ0n) is 21.2. The normalized spacial score (nSPS) is 11.1. The lowest BCUT2D eigenvalue weighted by molar-refractivity contribution is 0.0696. The number of hydrogen-bond donors (Lipinski definition) is 2. The van der Waals surface area contributed by atoms with Crippen LogP contribution in [-0.2, 0) is 13.0 Å². The van der Waals surface area contributed by atoms with Gasteiger partial charge in [0.25, 0.3) is 5.91 Å². The molecule has 6 rings (SSSR count). The number of amides is 1. The fourth-order valence-electron chi connectivity index (χ4n) is 4.87. The first kappa shape index (κ1) is 25.0. The summed E-state index contributed by atoms with van der Waals surface area (Å²) in [5.74, 6) is -1.07. The van der Waals surface area contributed by atoms with Crippen LogP contribution in [0.2, 0.25) is 0 Å². The summed E-state index contributed by atoms with van der Waals surface area (Å²) in [5, 5.41) is 18.3. The summed E-state index contributed by atoms with van der Waals surface area (Å²) in [6, 6.07) is 30.2. The number of carboxylic acids is 1. The van der Waals surface area contributed by atoms with Crippen molar-refractivity contribution < 1.29 is 23.6 Å². The molecule has 0 aliphatic carbocycles. The van der Waals surface area contributed by atoms with E-state index in [2.05, 4.69) is 10.5 Å². The van der Waals surface area contributed by atoms with E-state index < -0.39 is 5.97 Å². The van der Waals surface area contributed by atoms with E-state index in [1.54, 1.807) is 24.3 Å². The number of carbonyl (C=O) groups is 2. The minimum Gasteiger partial charge on any atom is -0.478 e. The van der Waals surface area contributed by atoms with Gasteiger partial charge in [0.05, 0.1) is 16.5 Å². The van der Waals surface area contributed by atoms with Gasteiger partial charge in [-0.25, -0.2) is 9.18 Å². The number of halogens is 1. The molecule has 0 bridgehead atoms. The van der Waals surface area contributed by atoms with Gasteiger partial charge in [-0.1, -0.05) is 78.0 Å². The summed E-state index contributed by atoms with van der Waals surface area (Å²) in [6.07, 6.45) is 0.366. The third kappa shape index (κ3) is 4.92. The van der Waals surface area contributed by atoms with E-state index in [-0.39, 0.29) is 23.8 Å². The Morgan fingerprint density at radius 1 is 0.825 bits per heavy atom. The first-order valence-corrected chi connectivity index (χ1v) is 12.7. The molecule has 0 unspecified atom stereocenters. The maximum atomic E-state index is 14.2. The van der Waals surface area contributed by atoms with Gasteiger partial charge in [0.1, 0.15) is 17.1 Å². The van der Waals surface area contributed by atoms with Crippen molar-refractivity contribution in [3.05, 3.63) is 137 Å². The number of nitrogens with zero attached hydrogens (tertiary/aromatic N) is 1. The smallest absolute Gasteiger partial charge is 0.335 e. The van der Waals surface area contributed by atoms with Crippen molar-refractivity contribution in [2.75, 3.05) is 0 Å². The number of benzene rings is 5. The molecule has 6 aromatic rings. The Hall–Kier alpha value is -5.30. The molecule has 6 nitrogen and oxygen atoms in total. The molecular weight excluding hydrogens is 507 g/mol. The first-order chi connectivity index (χ1) is 19.5. The summed E-state index contributed by atoms with van der Waals surface area (Å²) < 4.78 is 19.9. The first-order valence-electron chi connectivity index (χ1n) is 12.7. The molecule has 196 valence electrons. The van der Waals surface area contributed by atoms with E-state index in [1.807, 2.05) is 60.7 Å². The van der Waals surface area contributed by atoms with Crippen LogP contribution < -0.4 is 5.32 Å². The van der Waals surface area contributed by atoms with E-state index in [9.17, 15) is 14.0 Å². The van der Waals surface area contributed by atoms with Gasteiger partial charge in [0.15, 0.2) is 0 Å². The van der Waals surface area contributed by atoms with E-state index in [1.165, 1.54) is 18.2 Å². The number of fused-ring (bicyclic) bond motifs is 2. The molecule has 0 fully saturated rings. The molecule has 1 amide bonds. The Balaban J connectivity index is 1.37. The van der Waals surface area contributed by atoms with Gasteiger partial charge in [-0.05, 0) is 58.0 Å². The SMILES string of the molecule is O=C(O)c1ccc(CNC(=O)c2cc(-c3ccccc3)cc3noc(Cc4ccc5c(F)cccc5c4)c23)cc1. The van der Waals surface area contributed by atoms with Crippen LogP contribution in [-0.4, -0.2) is 22.1 Å². The highest BCUT2D eigenvalue weighted by molar-refractivity contribution is 6.08. The molecule has 1 aromatic heterocycles. The van der Waals surface area contributed by atoms with Crippen molar-refractivity contribution in [2.45, 2.75) is 13.0 Å². The molecule has 0 aliphatic heterocycles. The number of rotatable bonds is 7. The van der Waals surface area contributed by atoms with Crippen LogP contribution in [0.4, 0.5) is 4.39 Å². The zero-order valence-corrected chi connectivity index (χ0v) is 21.2. The molecule has 40 heavy (non-hydrogen) atoms. The zero-order chi connectivity index (χ0) is 27.6. The van der Waals surface area contributed by atoms with Crippen LogP contribution in [0.15, 0.2) is 108 Å². The highest BCUT2D eigenvalue weighted by Gasteiger charge is 2.20. The molecule has 1 heterocycles. The monoisotopic (exact) mass is 530 g/mol. The van der Waals surface area contributed by atoms with Crippen molar-refractivity contribution in [1.82, 2.24) is 10.5 Å². The van der Waals surface area contributed by atoms with E-state index in [0.29, 0.717) is 34.0 Å². The van der Waals surface area contributed by atoms with Crippen LogP contribution in [0.3, 0.4) is 0 Å². The van der Waals surface area contributed by atoms with Crippen molar-refractivity contribution in [1.29, 1.82) is 0 Å². The number of nitrogens with one attached hydrogen (secondary N) is 1.